The Balaban J connectivity index is 2.43. The fourth-order valence-electron chi connectivity index (χ4n) is 1.86. The van der Waals surface area contributed by atoms with Gasteiger partial charge in [-0.3, -0.25) is 0 Å². The van der Waals surface area contributed by atoms with Gasteiger partial charge < -0.3 is 5.32 Å². The number of nitriles is 1. The van der Waals surface area contributed by atoms with Gasteiger partial charge in [0.15, 0.2) is 5.94 Å². The summed E-state index contributed by atoms with van der Waals surface area (Å²) in [4.78, 5) is 10.6. The van der Waals surface area contributed by atoms with Crippen molar-refractivity contribution in [2.24, 2.45) is 0 Å². The monoisotopic (exact) mass is 186 g/mol. The molecule has 0 bridgehead atoms. The second-order valence-corrected chi connectivity index (χ2v) is 3.48. The minimum absolute atomic E-state index is 0.285. The average molecular weight is 186 g/mol. The van der Waals surface area contributed by atoms with Crippen molar-refractivity contribution in [1.82, 2.24) is 5.32 Å². The summed E-state index contributed by atoms with van der Waals surface area (Å²) in [5.74, 6) is 1.77. The third kappa shape index (κ3) is 1.37. The third-order valence-corrected chi connectivity index (χ3v) is 2.60. The molecule has 14 heavy (non-hydrogen) atoms. The van der Waals surface area contributed by atoms with E-state index in [0.717, 1.165) is 31.4 Å². The first kappa shape index (κ1) is 8.80. The summed E-state index contributed by atoms with van der Waals surface area (Å²) in [5, 5.41) is 11.8. The number of hydrogen-bond acceptors (Lipinski definition) is 3. The summed E-state index contributed by atoms with van der Waals surface area (Å²) < 4.78 is 0. The van der Waals surface area contributed by atoms with Gasteiger partial charge in [-0.2, -0.15) is 5.26 Å². The van der Waals surface area contributed by atoms with Crippen LogP contribution in [0.4, 0.5) is 0 Å². The number of nitrogens with zero attached hydrogens (tertiary/aromatic N) is 1. The summed E-state index contributed by atoms with van der Waals surface area (Å²) in [5.41, 5.74) is 2.95. The molecule has 2 aliphatic rings. The molecule has 2 rings (SSSR count). The molecule has 1 aliphatic heterocycles. The van der Waals surface area contributed by atoms with Gasteiger partial charge in [0.1, 0.15) is 11.8 Å². The van der Waals surface area contributed by atoms with Crippen LogP contribution in [-0.4, -0.2) is 5.94 Å². The van der Waals surface area contributed by atoms with Crippen molar-refractivity contribution < 1.29 is 4.79 Å². The maximum absolute atomic E-state index is 10.6. The van der Waals surface area contributed by atoms with Gasteiger partial charge in [-0.25, -0.2) is 4.79 Å². The average Bonchev–Trinajstić information content (AvgIpc) is 2.27. The largest absolute Gasteiger partial charge is 0.349 e. The first-order valence-electron chi connectivity index (χ1n) is 4.71. The summed E-state index contributed by atoms with van der Waals surface area (Å²) >= 11 is 0. The lowest BCUT2D eigenvalue weighted by molar-refractivity contribution is 0.564. The van der Waals surface area contributed by atoms with Crippen molar-refractivity contribution in [3.8, 4) is 6.07 Å². The topological polar surface area (TPSA) is 52.9 Å². The van der Waals surface area contributed by atoms with Crippen LogP contribution in [0.5, 0.6) is 0 Å². The van der Waals surface area contributed by atoms with Crippen LogP contribution in [0.3, 0.4) is 0 Å². The van der Waals surface area contributed by atoms with E-state index < -0.39 is 0 Å². The molecular formula is C11H10N2O. The number of nitrogens with one attached hydrogen (secondary N) is 1. The molecule has 0 aromatic carbocycles. The Labute approximate surface area is 82.4 Å². The van der Waals surface area contributed by atoms with E-state index in [1.165, 1.54) is 5.57 Å². The van der Waals surface area contributed by atoms with Crippen molar-refractivity contribution in [3.05, 3.63) is 28.6 Å². The first-order valence-corrected chi connectivity index (χ1v) is 4.71. The molecule has 0 radical (unpaired) electrons. The van der Waals surface area contributed by atoms with Crippen LogP contribution < -0.4 is 5.32 Å². The number of hydrogen-bond donors (Lipinski definition) is 1. The number of dihydropyridines is 1. The highest BCUT2D eigenvalue weighted by Crippen LogP contribution is 2.29. The van der Waals surface area contributed by atoms with E-state index >= 15 is 0 Å². The van der Waals surface area contributed by atoms with Crippen molar-refractivity contribution in [1.29, 1.82) is 5.26 Å². The van der Waals surface area contributed by atoms with Crippen molar-refractivity contribution in [3.63, 3.8) is 0 Å². The highest BCUT2D eigenvalue weighted by Gasteiger charge is 2.20. The molecular weight excluding hydrogens is 176 g/mol. The normalized spacial score (nSPS) is 20.2. The standard InChI is InChI=1S/C11H10N2O/c12-6-9-5-8-3-1-2-4-10(8)13-11(9)7-14/h5,13H,1-4H2. The second kappa shape index (κ2) is 3.53. The Morgan fingerprint density at radius 2 is 2.14 bits per heavy atom. The number of rotatable bonds is 0. The second-order valence-electron chi connectivity index (χ2n) is 3.48. The van der Waals surface area contributed by atoms with Crippen molar-refractivity contribution in [2.45, 2.75) is 25.7 Å². The molecule has 0 fully saturated rings. The van der Waals surface area contributed by atoms with Crippen molar-refractivity contribution in [2.75, 3.05) is 0 Å². The summed E-state index contributed by atoms with van der Waals surface area (Å²) in [6, 6.07) is 2.00. The molecule has 70 valence electrons. The minimum Gasteiger partial charge on any atom is -0.349 e. The van der Waals surface area contributed by atoms with E-state index in [0.29, 0.717) is 5.57 Å². The van der Waals surface area contributed by atoms with E-state index in [1.54, 1.807) is 5.94 Å². The van der Waals surface area contributed by atoms with E-state index in [-0.39, 0.29) is 5.70 Å². The van der Waals surface area contributed by atoms with Gasteiger partial charge in [-0.1, -0.05) is 0 Å². The Morgan fingerprint density at radius 1 is 1.36 bits per heavy atom. The zero-order valence-corrected chi connectivity index (χ0v) is 7.76. The lowest BCUT2D eigenvalue weighted by Crippen LogP contribution is -2.22. The maximum atomic E-state index is 10.6. The number of allylic oxidation sites excluding steroid dienone is 4. The quantitative estimate of drug-likeness (QED) is 0.584. The molecule has 1 N–H and O–H groups in total. The molecule has 3 nitrogen and oxygen atoms in total. The van der Waals surface area contributed by atoms with Crippen LogP contribution in [0.2, 0.25) is 0 Å². The van der Waals surface area contributed by atoms with Crippen molar-refractivity contribution >= 4 is 5.94 Å². The molecule has 0 unspecified atom stereocenters. The van der Waals surface area contributed by atoms with Crippen LogP contribution in [0.25, 0.3) is 0 Å². The molecule has 0 amide bonds. The fraction of sp³-hybridized carbons (Fsp3) is 0.364. The molecule has 1 heterocycles. The fourth-order valence-corrected chi connectivity index (χ4v) is 1.86. The van der Waals surface area contributed by atoms with Gasteiger partial charge in [0.25, 0.3) is 0 Å². The van der Waals surface area contributed by atoms with E-state index in [9.17, 15) is 4.79 Å². The molecule has 3 heteroatoms. The van der Waals surface area contributed by atoms with Gasteiger partial charge in [-0.05, 0) is 37.3 Å². The molecule has 0 aromatic heterocycles. The third-order valence-electron chi connectivity index (χ3n) is 2.60. The molecule has 0 atom stereocenters. The molecule has 1 aliphatic carbocycles. The molecule has 0 saturated heterocycles. The van der Waals surface area contributed by atoms with Gasteiger partial charge in [0.05, 0.1) is 5.57 Å². The van der Waals surface area contributed by atoms with Crippen LogP contribution in [0.1, 0.15) is 25.7 Å². The van der Waals surface area contributed by atoms with Gasteiger partial charge in [0, 0.05) is 5.70 Å². The summed E-state index contributed by atoms with van der Waals surface area (Å²) in [6.45, 7) is 0. The lowest BCUT2D eigenvalue weighted by atomic mass is 9.91. The highest BCUT2D eigenvalue weighted by molar-refractivity contribution is 5.67. The Hall–Kier alpha value is -1.78. The van der Waals surface area contributed by atoms with Crippen LogP contribution in [0.15, 0.2) is 28.6 Å². The zero-order valence-electron chi connectivity index (χ0n) is 7.76. The SMILES string of the molecule is N#CC1=CC2=C(CCCC2)NC1=C=O. The van der Waals surface area contributed by atoms with E-state index in [4.69, 9.17) is 5.26 Å². The maximum Gasteiger partial charge on any atom is 0.151 e. The van der Waals surface area contributed by atoms with E-state index in [2.05, 4.69) is 5.32 Å². The van der Waals surface area contributed by atoms with Crippen LogP contribution in [0, 0.1) is 11.3 Å². The van der Waals surface area contributed by atoms with Gasteiger partial charge >= 0.3 is 0 Å². The molecule has 0 spiro atoms. The summed E-state index contributed by atoms with van der Waals surface area (Å²) in [7, 11) is 0. The van der Waals surface area contributed by atoms with E-state index in [1.807, 2.05) is 12.1 Å². The lowest BCUT2D eigenvalue weighted by Gasteiger charge is -2.23. The highest BCUT2D eigenvalue weighted by atomic mass is 16.1. The first-order chi connectivity index (χ1) is 6.85. The molecule has 0 aromatic rings. The zero-order chi connectivity index (χ0) is 9.97. The van der Waals surface area contributed by atoms with Crippen LogP contribution >= 0.6 is 0 Å². The predicted octanol–water partition coefficient (Wildman–Crippen LogP) is 1.58. The smallest absolute Gasteiger partial charge is 0.151 e. The number of carbonyl (C=O) groups excluding carboxylic acids is 1. The van der Waals surface area contributed by atoms with Gasteiger partial charge in [0.2, 0.25) is 0 Å². The Bertz CT molecular complexity index is 417. The van der Waals surface area contributed by atoms with Gasteiger partial charge in [-0.15, -0.1) is 0 Å². The summed E-state index contributed by atoms with van der Waals surface area (Å²) in [6.07, 6.45) is 6.09. The van der Waals surface area contributed by atoms with Crippen LogP contribution in [-0.2, 0) is 4.79 Å². The molecule has 0 saturated carbocycles. The Morgan fingerprint density at radius 3 is 2.86 bits per heavy atom. The predicted molar refractivity (Wildman–Crippen MR) is 51.5 cm³/mol. The minimum atomic E-state index is 0.285. The Kier molecular flexibility index (Phi) is 2.22.